The molecular formula is C15H17N3. The van der Waals surface area contributed by atoms with Gasteiger partial charge >= 0.3 is 0 Å². The van der Waals surface area contributed by atoms with Crippen molar-refractivity contribution in [1.82, 2.24) is 14.9 Å². The molecule has 1 N–H and O–H groups in total. The van der Waals surface area contributed by atoms with Crippen molar-refractivity contribution < 1.29 is 0 Å². The minimum Gasteiger partial charge on any atom is -0.344 e. The molecule has 3 heteroatoms. The number of benzene rings is 1. The molecule has 3 rings (SSSR count). The Kier molecular flexibility index (Phi) is 2.76. The highest BCUT2D eigenvalue weighted by Gasteiger charge is 2.08. The Labute approximate surface area is 106 Å². The van der Waals surface area contributed by atoms with Crippen LogP contribution in [0.15, 0.2) is 36.7 Å². The van der Waals surface area contributed by atoms with Crippen molar-refractivity contribution in [3.8, 4) is 0 Å². The number of nitrogens with zero attached hydrogens (tertiary/aromatic N) is 2. The van der Waals surface area contributed by atoms with E-state index in [0.29, 0.717) is 0 Å². The van der Waals surface area contributed by atoms with Gasteiger partial charge in [0.2, 0.25) is 0 Å². The Morgan fingerprint density at radius 1 is 1.17 bits per heavy atom. The van der Waals surface area contributed by atoms with Crippen molar-refractivity contribution in [2.45, 2.75) is 6.42 Å². The molecule has 3 aromatic rings. The van der Waals surface area contributed by atoms with E-state index in [9.17, 15) is 0 Å². The van der Waals surface area contributed by atoms with Crippen molar-refractivity contribution in [2.75, 3.05) is 13.6 Å². The number of aryl methyl sites for hydroxylation is 1. The highest BCUT2D eigenvalue weighted by molar-refractivity contribution is 6.07. The van der Waals surface area contributed by atoms with E-state index < -0.39 is 0 Å². The zero-order chi connectivity index (χ0) is 12.5. The predicted octanol–water partition coefficient (Wildman–Crippen LogP) is 2.49. The maximum atomic E-state index is 4.24. The summed E-state index contributed by atoms with van der Waals surface area (Å²) in [5.41, 5.74) is 3.88. The smallest absolute Gasteiger partial charge is 0.0519 e. The maximum absolute atomic E-state index is 4.24. The molecule has 3 nitrogen and oxygen atoms in total. The topological polar surface area (TPSA) is 29.9 Å². The first-order valence-corrected chi connectivity index (χ1v) is 6.27. The van der Waals surface area contributed by atoms with Crippen LogP contribution in [0.2, 0.25) is 0 Å². The van der Waals surface area contributed by atoms with E-state index in [-0.39, 0.29) is 0 Å². The Hall–Kier alpha value is -1.87. The summed E-state index contributed by atoms with van der Waals surface area (Å²) < 4.78 is 2.23. The van der Waals surface area contributed by atoms with Gasteiger partial charge in [0.15, 0.2) is 0 Å². The standard InChI is InChI=1S/C15H17N3/c1-16-7-5-11-3-4-14-12(9-11)13-10-17-8-6-15(13)18(14)2/h3-4,6,8-10,16H,5,7H2,1-2H3. The summed E-state index contributed by atoms with van der Waals surface area (Å²) in [6, 6.07) is 8.78. The van der Waals surface area contributed by atoms with Crippen LogP contribution in [0.5, 0.6) is 0 Å². The largest absolute Gasteiger partial charge is 0.344 e. The molecule has 0 fully saturated rings. The van der Waals surface area contributed by atoms with Gasteiger partial charge in [-0.1, -0.05) is 6.07 Å². The first-order valence-electron chi connectivity index (χ1n) is 6.27. The van der Waals surface area contributed by atoms with Gasteiger partial charge in [-0.25, -0.2) is 0 Å². The van der Waals surface area contributed by atoms with Gasteiger partial charge in [-0.05, 0) is 43.8 Å². The van der Waals surface area contributed by atoms with Crippen molar-refractivity contribution in [3.63, 3.8) is 0 Å². The van der Waals surface area contributed by atoms with E-state index in [0.717, 1.165) is 13.0 Å². The average molecular weight is 239 g/mol. The molecule has 2 heterocycles. The number of pyridine rings is 1. The van der Waals surface area contributed by atoms with Crippen LogP contribution in [0, 0.1) is 0 Å². The van der Waals surface area contributed by atoms with Crippen molar-refractivity contribution >= 4 is 21.8 Å². The fraction of sp³-hybridized carbons (Fsp3) is 0.267. The highest BCUT2D eigenvalue weighted by atomic mass is 14.9. The lowest BCUT2D eigenvalue weighted by molar-refractivity contribution is 0.792. The number of hydrogen-bond acceptors (Lipinski definition) is 2. The SMILES string of the molecule is CNCCc1ccc2c(c1)c1cnccc1n2C. The van der Waals surface area contributed by atoms with Crippen LogP contribution in [0.25, 0.3) is 21.8 Å². The zero-order valence-corrected chi connectivity index (χ0v) is 10.8. The summed E-state index contributed by atoms with van der Waals surface area (Å²) in [6.07, 6.45) is 4.87. The van der Waals surface area contributed by atoms with Gasteiger partial charge in [0.1, 0.15) is 0 Å². The molecule has 0 aliphatic carbocycles. The van der Waals surface area contributed by atoms with Crippen LogP contribution in [-0.4, -0.2) is 23.1 Å². The third-order valence-electron chi connectivity index (χ3n) is 3.54. The predicted molar refractivity (Wildman–Crippen MR) is 75.9 cm³/mol. The fourth-order valence-corrected chi connectivity index (χ4v) is 2.53. The van der Waals surface area contributed by atoms with Gasteiger partial charge < -0.3 is 9.88 Å². The number of rotatable bonds is 3. The molecule has 92 valence electrons. The van der Waals surface area contributed by atoms with E-state index >= 15 is 0 Å². The van der Waals surface area contributed by atoms with Gasteiger partial charge in [-0.3, -0.25) is 4.98 Å². The number of nitrogens with one attached hydrogen (secondary N) is 1. The van der Waals surface area contributed by atoms with E-state index in [4.69, 9.17) is 0 Å². The molecule has 0 aliphatic rings. The van der Waals surface area contributed by atoms with E-state index in [1.807, 2.05) is 19.4 Å². The van der Waals surface area contributed by atoms with Crippen LogP contribution >= 0.6 is 0 Å². The van der Waals surface area contributed by atoms with E-state index in [2.05, 4.69) is 46.2 Å². The summed E-state index contributed by atoms with van der Waals surface area (Å²) in [4.78, 5) is 4.24. The number of fused-ring (bicyclic) bond motifs is 3. The van der Waals surface area contributed by atoms with Crippen LogP contribution in [0.4, 0.5) is 0 Å². The highest BCUT2D eigenvalue weighted by Crippen LogP contribution is 2.28. The van der Waals surface area contributed by atoms with Gasteiger partial charge in [-0.2, -0.15) is 0 Å². The summed E-state index contributed by atoms with van der Waals surface area (Å²) in [6.45, 7) is 1.01. The van der Waals surface area contributed by atoms with Crippen LogP contribution < -0.4 is 5.32 Å². The molecule has 0 amide bonds. The molecule has 0 spiro atoms. The molecule has 0 bridgehead atoms. The van der Waals surface area contributed by atoms with Crippen molar-refractivity contribution in [1.29, 1.82) is 0 Å². The summed E-state index contributed by atoms with van der Waals surface area (Å²) in [7, 11) is 4.10. The summed E-state index contributed by atoms with van der Waals surface area (Å²) in [5.74, 6) is 0. The van der Waals surface area contributed by atoms with E-state index in [1.54, 1.807) is 0 Å². The Balaban J connectivity index is 2.23. The first-order chi connectivity index (χ1) is 8.81. The Morgan fingerprint density at radius 2 is 2.00 bits per heavy atom. The lowest BCUT2D eigenvalue weighted by Crippen LogP contribution is -2.10. The van der Waals surface area contributed by atoms with Gasteiger partial charge in [0, 0.05) is 35.7 Å². The molecule has 0 saturated heterocycles. The maximum Gasteiger partial charge on any atom is 0.0519 e. The van der Waals surface area contributed by atoms with Crippen LogP contribution in [-0.2, 0) is 13.5 Å². The quantitative estimate of drug-likeness (QED) is 0.761. The lowest BCUT2D eigenvalue weighted by Gasteiger charge is -2.02. The number of hydrogen-bond donors (Lipinski definition) is 1. The van der Waals surface area contributed by atoms with Gasteiger partial charge in [-0.15, -0.1) is 0 Å². The second-order valence-electron chi connectivity index (χ2n) is 4.66. The first kappa shape index (κ1) is 11.2. The summed E-state index contributed by atoms with van der Waals surface area (Å²) in [5, 5.41) is 5.73. The third kappa shape index (κ3) is 1.68. The molecule has 0 aliphatic heterocycles. The second-order valence-corrected chi connectivity index (χ2v) is 4.66. The fourth-order valence-electron chi connectivity index (χ4n) is 2.53. The Bertz CT molecular complexity index is 697. The lowest BCUT2D eigenvalue weighted by atomic mass is 10.1. The van der Waals surface area contributed by atoms with Gasteiger partial charge in [0.25, 0.3) is 0 Å². The molecule has 18 heavy (non-hydrogen) atoms. The number of likely N-dealkylation sites (N-methyl/N-ethyl adjacent to an activating group) is 1. The van der Waals surface area contributed by atoms with Gasteiger partial charge in [0.05, 0.1) is 5.52 Å². The Morgan fingerprint density at radius 3 is 2.83 bits per heavy atom. The molecule has 0 atom stereocenters. The minimum absolute atomic E-state index is 1.01. The normalized spacial score (nSPS) is 11.4. The molecular weight excluding hydrogens is 222 g/mol. The molecule has 0 radical (unpaired) electrons. The van der Waals surface area contributed by atoms with E-state index in [1.165, 1.54) is 27.4 Å². The monoisotopic (exact) mass is 239 g/mol. The van der Waals surface area contributed by atoms with Crippen molar-refractivity contribution in [3.05, 3.63) is 42.2 Å². The summed E-state index contributed by atoms with van der Waals surface area (Å²) >= 11 is 0. The molecule has 0 unspecified atom stereocenters. The number of aromatic nitrogens is 2. The van der Waals surface area contributed by atoms with Crippen molar-refractivity contribution in [2.24, 2.45) is 7.05 Å². The van der Waals surface area contributed by atoms with Crippen LogP contribution in [0.3, 0.4) is 0 Å². The molecule has 0 saturated carbocycles. The third-order valence-corrected chi connectivity index (χ3v) is 3.54. The second kappa shape index (κ2) is 4.42. The van der Waals surface area contributed by atoms with Crippen LogP contribution in [0.1, 0.15) is 5.56 Å². The molecule has 1 aromatic carbocycles. The minimum atomic E-state index is 1.01. The average Bonchev–Trinajstić information content (AvgIpc) is 2.71. The zero-order valence-electron chi connectivity index (χ0n) is 10.8. The molecule has 2 aromatic heterocycles.